The van der Waals surface area contributed by atoms with E-state index < -0.39 is 0 Å². The second kappa shape index (κ2) is 7.03. The van der Waals surface area contributed by atoms with Gasteiger partial charge in [-0.2, -0.15) is 0 Å². The van der Waals surface area contributed by atoms with Gasteiger partial charge >= 0.3 is 0 Å². The molecule has 2 rings (SSSR count). The van der Waals surface area contributed by atoms with Gasteiger partial charge in [-0.05, 0) is 55.5 Å². The molecule has 1 aromatic rings. The highest BCUT2D eigenvalue weighted by molar-refractivity contribution is 5.78. The van der Waals surface area contributed by atoms with Crippen LogP contribution in [0.15, 0.2) is 24.3 Å². The number of hydrogen-bond acceptors (Lipinski definition) is 2. The molecule has 1 unspecified atom stereocenters. The summed E-state index contributed by atoms with van der Waals surface area (Å²) < 4.78 is 13.2. The number of benzene rings is 1. The third-order valence-electron chi connectivity index (χ3n) is 4.38. The van der Waals surface area contributed by atoms with Crippen molar-refractivity contribution >= 4 is 5.91 Å². The normalized spacial score (nSPS) is 19.0. The third kappa shape index (κ3) is 4.81. The van der Waals surface area contributed by atoms with Gasteiger partial charge in [-0.15, -0.1) is 0 Å². The molecule has 2 N–H and O–H groups in total. The van der Waals surface area contributed by atoms with Crippen molar-refractivity contribution in [3.8, 4) is 0 Å². The molecule has 1 amide bonds. The van der Waals surface area contributed by atoms with E-state index in [2.05, 4.69) is 17.6 Å². The fraction of sp³-hybridized carbons (Fsp3) is 0.588. The number of rotatable bonds is 5. The standard InChI is InChI=1S/C17H25FN2O/c1-13(10-14-4-3-5-15(18)11-14)16(21)20-12-17(2)6-8-19-9-7-17/h3-5,11,13,19H,6-10,12H2,1-2H3,(H,20,21). The molecule has 1 aromatic carbocycles. The van der Waals surface area contributed by atoms with Crippen LogP contribution in [-0.2, 0) is 11.2 Å². The SMILES string of the molecule is CC(Cc1cccc(F)c1)C(=O)NCC1(C)CCNCC1. The Morgan fingerprint density at radius 2 is 2.14 bits per heavy atom. The average molecular weight is 292 g/mol. The molecule has 1 atom stereocenters. The van der Waals surface area contributed by atoms with E-state index in [1.54, 1.807) is 6.07 Å². The zero-order valence-corrected chi connectivity index (χ0v) is 12.9. The van der Waals surface area contributed by atoms with Gasteiger partial charge in [0.25, 0.3) is 0 Å². The summed E-state index contributed by atoms with van der Waals surface area (Å²) in [6, 6.07) is 6.47. The lowest BCUT2D eigenvalue weighted by Gasteiger charge is -2.34. The molecule has 0 spiro atoms. The molecule has 0 bridgehead atoms. The van der Waals surface area contributed by atoms with Crippen LogP contribution in [0.3, 0.4) is 0 Å². The van der Waals surface area contributed by atoms with E-state index in [0.29, 0.717) is 6.42 Å². The van der Waals surface area contributed by atoms with Crippen LogP contribution in [0, 0.1) is 17.2 Å². The summed E-state index contributed by atoms with van der Waals surface area (Å²) in [4.78, 5) is 12.2. The molecule has 4 heteroatoms. The van der Waals surface area contributed by atoms with Crippen molar-refractivity contribution in [1.82, 2.24) is 10.6 Å². The van der Waals surface area contributed by atoms with Gasteiger partial charge < -0.3 is 10.6 Å². The third-order valence-corrected chi connectivity index (χ3v) is 4.38. The Labute approximate surface area is 126 Å². The van der Waals surface area contributed by atoms with Gasteiger partial charge in [0, 0.05) is 12.5 Å². The molecule has 3 nitrogen and oxygen atoms in total. The van der Waals surface area contributed by atoms with Crippen LogP contribution >= 0.6 is 0 Å². The number of hydrogen-bond donors (Lipinski definition) is 2. The average Bonchev–Trinajstić information content (AvgIpc) is 2.45. The van der Waals surface area contributed by atoms with Gasteiger partial charge in [0.1, 0.15) is 5.82 Å². The first-order valence-corrected chi connectivity index (χ1v) is 7.71. The van der Waals surface area contributed by atoms with Crippen molar-refractivity contribution in [3.63, 3.8) is 0 Å². The highest BCUT2D eigenvalue weighted by Gasteiger charge is 2.27. The lowest BCUT2D eigenvalue weighted by atomic mass is 9.81. The molecule has 0 aliphatic carbocycles. The Kier molecular flexibility index (Phi) is 5.34. The number of nitrogens with one attached hydrogen (secondary N) is 2. The predicted molar refractivity (Wildman–Crippen MR) is 82.5 cm³/mol. The summed E-state index contributed by atoms with van der Waals surface area (Å²) >= 11 is 0. The van der Waals surface area contributed by atoms with Crippen LogP contribution in [0.1, 0.15) is 32.3 Å². The Hall–Kier alpha value is -1.42. The lowest BCUT2D eigenvalue weighted by Crippen LogP contribution is -2.44. The molecular formula is C17H25FN2O. The van der Waals surface area contributed by atoms with E-state index >= 15 is 0 Å². The minimum absolute atomic E-state index is 0.0546. The first-order chi connectivity index (χ1) is 9.98. The number of carbonyl (C=O) groups is 1. The van der Waals surface area contributed by atoms with E-state index in [-0.39, 0.29) is 23.1 Å². The Bertz CT molecular complexity index is 483. The molecule has 1 saturated heterocycles. The maximum Gasteiger partial charge on any atom is 0.223 e. The molecule has 0 saturated carbocycles. The van der Waals surface area contributed by atoms with Crippen molar-refractivity contribution < 1.29 is 9.18 Å². The van der Waals surface area contributed by atoms with E-state index in [1.165, 1.54) is 12.1 Å². The Morgan fingerprint density at radius 3 is 2.81 bits per heavy atom. The zero-order valence-electron chi connectivity index (χ0n) is 12.9. The van der Waals surface area contributed by atoms with Crippen molar-refractivity contribution in [2.75, 3.05) is 19.6 Å². The summed E-state index contributed by atoms with van der Waals surface area (Å²) in [7, 11) is 0. The van der Waals surface area contributed by atoms with E-state index in [4.69, 9.17) is 0 Å². The van der Waals surface area contributed by atoms with Crippen LogP contribution in [0.4, 0.5) is 4.39 Å². The van der Waals surface area contributed by atoms with Crippen LogP contribution in [0.5, 0.6) is 0 Å². The highest BCUT2D eigenvalue weighted by Crippen LogP contribution is 2.26. The maximum atomic E-state index is 13.2. The molecule has 1 aliphatic rings. The van der Waals surface area contributed by atoms with Crippen LogP contribution in [0.2, 0.25) is 0 Å². The van der Waals surface area contributed by atoms with Crippen LogP contribution in [-0.4, -0.2) is 25.5 Å². The van der Waals surface area contributed by atoms with Crippen molar-refractivity contribution in [2.45, 2.75) is 33.1 Å². The van der Waals surface area contributed by atoms with E-state index in [9.17, 15) is 9.18 Å². The lowest BCUT2D eigenvalue weighted by molar-refractivity contribution is -0.125. The molecule has 0 radical (unpaired) electrons. The van der Waals surface area contributed by atoms with Crippen molar-refractivity contribution in [1.29, 1.82) is 0 Å². The smallest absolute Gasteiger partial charge is 0.223 e. The van der Waals surface area contributed by atoms with Crippen LogP contribution in [0.25, 0.3) is 0 Å². The molecule has 1 heterocycles. The van der Waals surface area contributed by atoms with Crippen molar-refractivity contribution in [2.24, 2.45) is 11.3 Å². The summed E-state index contributed by atoms with van der Waals surface area (Å²) in [5.41, 5.74) is 1.06. The molecule has 21 heavy (non-hydrogen) atoms. The zero-order chi connectivity index (χ0) is 15.3. The monoisotopic (exact) mass is 292 g/mol. The fourth-order valence-electron chi connectivity index (χ4n) is 2.79. The second-order valence-electron chi connectivity index (χ2n) is 6.51. The first kappa shape index (κ1) is 16.0. The topological polar surface area (TPSA) is 41.1 Å². The Balaban J connectivity index is 1.82. The van der Waals surface area contributed by atoms with E-state index in [1.807, 2.05) is 13.0 Å². The molecule has 0 aromatic heterocycles. The fourth-order valence-corrected chi connectivity index (χ4v) is 2.79. The molecular weight excluding hydrogens is 267 g/mol. The van der Waals surface area contributed by atoms with Gasteiger partial charge in [0.15, 0.2) is 0 Å². The summed E-state index contributed by atoms with van der Waals surface area (Å²) in [6.07, 6.45) is 2.75. The van der Waals surface area contributed by atoms with Gasteiger partial charge in [0.05, 0.1) is 0 Å². The van der Waals surface area contributed by atoms with E-state index in [0.717, 1.165) is 38.0 Å². The summed E-state index contributed by atoms with van der Waals surface area (Å²) in [5.74, 6) is -0.335. The number of amides is 1. The minimum Gasteiger partial charge on any atom is -0.355 e. The molecule has 116 valence electrons. The van der Waals surface area contributed by atoms with Gasteiger partial charge in [-0.1, -0.05) is 26.0 Å². The van der Waals surface area contributed by atoms with Crippen LogP contribution < -0.4 is 10.6 Å². The highest BCUT2D eigenvalue weighted by atomic mass is 19.1. The number of carbonyl (C=O) groups excluding carboxylic acids is 1. The summed E-state index contributed by atoms with van der Waals surface area (Å²) in [6.45, 7) is 6.88. The van der Waals surface area contributed by atoms with Crippen molar-refractivity contribution in [3.05, 3.63) is 35.6 Å². The summed E-state index contributed by atoms with van der Waals surface area (Å²) in [5, 5.41) is 6.41. The maximum absolute atomic E-state index is 13.2. The van der Waals surface area contributed by atoms with Gasteiger partial charge in [-0.3, -0.25) is 4.79 Å². The number of halogens is 1. The molecule has 1 fully saturated rings. The predicted octanol–water partition coefficient (Wildman–Crippen LogP) is 2.51. The van der Waals surface area contributed by atoms with Gasteiger partial charge in [-0.25, -0.2) is 4.39 Å². The molecule has 1 aliphatic heterocycles. The van der Waals surface area contributed by atoms with Gasteiger partial charge in [0.2, 0.25) is 5.91 Å². The second-order valence-corrected chi connectivity index (χ2v) is 6.51. The Morgan fingerprint density at radius 1 is 1.43 bits per heavy atom. The number of piperidine rings is 1. The quantitative estimate of drug-likeness (QED) is 0.875. The minimum atomic E-state index is -0.248. The first-order valence-electron chi connectivity index (χ1n) is 7.71. The largest absolute Gasteiger partial charge is 0.355 e.